The van der Waals surface area contributed by atoms with Crippen molar-refractivity contribution >= 4 is 28.2 Å². The average molecular weight is 327 g/mol. The molecule has 21 heavy (non-hydrogen) atoms. The maximum absolute atomic E-state index is 5.51. The van der Waals surface area contributed by atoms with Crippen molar-refractivity contribution in [2.24, 2.45) is 0 Å². The van der Waals surface area contributed by atoms with Crippen LogP contribution in [-0.4, -0.2) is 35.5 Å². The minimum atomic E-state index is -0.0595. The molecule has 1 fully saturated rings. The third kappa shape index (κ3) is 4.70. The number of hydrogen-bond acceptors (Lipinski definition) is 8. The van der Waals surface area contributed by atoms with E-state index >= 15 is 0 Å². The van der Waals surface area contributed by atoms with Crippen molar-refractivity contribution < 1.29 is 13.9 Å². The fraction of sp³-hybridized carbons (Fsp3) is 0.538. The Morgan fingerprint density at radius 2 is 2.24 bits per heavy atom. The van der Waals surface area contributed by atoms with Crippen LogP contribution in [0.4, 0.5) is 5.13 Å². The van der Waals surface area contributed by atoms with E-state index in [1.807, 2.05) is 12.1 Å². The van der Waals surface area contributed by atoms with Gasteiger partial charge in [0.1, 0.15) is 5.76 Å². The van der Waals surface area contributed by atoms with Gasteiger partial charge in [-0.25, -0.2) is 0 Å². The van der Waals surface area contributed by atoms with Crippen LogP contribution in [0.25, 0.3) is 0 Å². The van der Waals surface area contributed by atoms with E-state index in [0.717, 1.165) is 47.0 Å². The van der Waals surface area contributed by atoms with Gasteiger partial charge in [-0.3, -0.25) is 0 Å². The highest BCUT2D eigenvalue weighted by atomic mass is 32.2. The van der Waals surface area contributed by atoms with Crippen molar-refractivity contribution in [3.8, 4) is 0 Å². The molecule has 1 saturated heterocycles. The summed E-state index contributed by atoms with van der Waals surface area (Å²) < 4.78 is 17.2. The number of hydrogen-bond donors (Lipinski definition) is 1. The molecule has 114 valence electrons. The first-order valence-electron chi connectivity index (χ1n) is 6.86. The molecule has 8 heteroatoms. The van der Waals surface area contributed by atoms with Crippen molar-refractivity contribution in [3.63, 3.8) is 0 Å². The molecular weight excluding hydrogens is 310 g/mol. The van der Waals surface area contributed by atoms with E-state index in [4.69, 9.17) is 13.9 Å². The van der Waals surface area contributed by atoms with E-state index in [2.05, 4.69) is 15.5 Å². The van der Waals surface area contributed by atoms with Crippen LogP contribution in [0.2, 0.25) is 0 Å². The summed E-state index contributed by atoms with van der Waals surface area (Å²) in [5.41, 5.74) is 0. The molecule has 1 aliphatic heterocycles. The molecule has 3 heterocycles. The predicted octanol–water partition coefficient (Wildman–Crippen LogP) is 2.99. The van der Waals surface area contributed by atoms with Gasteiger partial charge >= 0.3 is 0 Å². The lowest BCUT2D eigenvalue weighted by Crippen LogP contribution is -2.25. The van der Waals surface area contributed by atoms with Crippen LogP contribution in [0.5, 0.6) is 0 Å². The highest BCUT2D eigenvalue weighted by molar-refractivity contribution is 8.01. The SMILES string of the molecule is c1coc(CNc2nnc(SCCC3OCCCO3)s2)c1. The quantitative estimate of drug-likeness (QED) is 0.784. The second kappa shape index (κ2) is 7.79. The Balaban J connectivity index is 1.38. The highest BCUT2D eigenvalue weighted by Gasteiger charge is 2.14. The maximum atomic E-state index is 5.51. The largest absolute Gasteiger partial charge is 0.467 e. The summed E-state index contributed by atoms with van der Waals surface area (Å²) in [6.07, 6.45) is 3.47. The highest BCUT2D eigenvalue weighted by Crippen LogP contribution is 2.27. The lowest BCUT2D eigenvalue weighted by molar-refractivity contribution is -0.178. The fourth-order valence-corrected chi connectivity index (χ4v) is 3.64. The van der Waals surface area contributed by atoms with E-state index in [9.17, 15) is 0 Å². The van der Waals surface area contributed by atoms with Crippen molar-refractivity contribution in [1.29, 1.82) is 0 Å². The van der Waals surface area contributed by atoms with Gasteiger partial charge in [-0.15, -0.1) is 10.2 Å². The normalized spacial score (nSPS) is 16.2. The molecule has 2 aromatic heterocycles. The molecule has 0 bridgehead atoms. The monoisotopic (exact) mass is 327 g/mol. The van der Waals surface area contributed by atoms with Gasteiger partial charge in [0.25, 0.3) is 0 Å². The fourth-order valence-electron chi connectivity index (χ4n) is 1.86. The molecule has 0 spiro atoms. The lowest BCUT2D eigenvalue weighted by atomic mass is 10.4. The Hall–Kier alpha value is -1.09. The van der Waals surface area contributed by atoms with E-state index in [-0.39, 0.29) is 6.29 Å². The molecule has 0 atom stereocenters. The number of ether oxygens (including phenoxy) is 2. The zero-order valence-electron chi connectivity index (χ0n) is 11.5. The van der Waals surface area contributed by atoms with Crippen molar-refractivity contribution in [3.05, 3.63) is 24.2 Å². The zero-order valence-corrected chi connectivity index (χ0v) is 13.1. The number of aromatic nitrogens is 2. The molecule has 0 unspecified atom stereocenters. The Bertz CT molecular complexity index is 527. The summed E-state index contributed by atoms with van der Waals surface area (Å²) in [4.78, 5) is 0. The molecule has 0 aliphatic carbocycles. The van der Waals surface area contributed by atoms with Crippen LogP contribution in [0.3, 0.4) is 0 Å². The number of thioether (sulfide) groups is 1. The van der Waals surface area contributed by atoms with Crippen LogP contribution < -0.4 is 5.32 Å². The van der Waals surface area contributed by atoms with Gasteiger partial charge in [-0.05, 0) is 18.6 Å². The minimum absolute atomic E-state index is 0.0595. The smallest absolute Gasteiger partial charge is 0.206 e. The van der Waals surface area contributed by atoms with Crippen LogP contribution in [0, 0.1) is 0 Å². The predicted molar refractivity (Wildman–Crippen MR) is 81.6 cm³/mol. The van der Waals surface area contributed by atoms with Crippen LogP contribution in [0.15, 0.2) is 27.2 Å². The number of nitrogens with zero attached hydrogens (tertiary/aromatic N) is 2. The van der Waals surface area contributed by atoms with Crippen LogP contribution in [-0.2, 0) is 16.0 Å². The van der Waals surface area contributed by atoms with Gasteiger partial charge in [0.15, 0.2) is 10.6 Å². The van der Waals surface area contributed by atoms with Gasteiger partial charge < -0.3 is 19.2 Å². The first-order chi connectivity index (χ1) is 10.4. The van der Waals surface area contributed by atoms with Crippen molar-refractivity contribution in [2.75, 3.05) is 24.3 Å². The summed E-state index contributed by atoms with van der Waals surface area (Å²) >= 11 is 3.23. The van der Waals surface area contributed by atoms with Gasteiger partial charge in [-0.1, -0.05) is 23.1 Å². The summed E-state index contributed by atoms with van der Waals surface area (Å²) in [7, 11) is 0. The second-order valence-electron chi connectivity index (χ2n) is 4.47. The standard InChI is InChI=1S/C13H17N3O3S2/c1-3-10(17-5-1)9-14-12-15-16-13(21-12)20-8-4-11-18-6-2-7-19-11/h1,3,5,11H,2,4,6-9H2,(H,14,15). The third-order valence-electron chi connectivity index (χ3n) is 2.88. The number of anilines is 1. The van der Waals surface area contributed by atoms with Crippen molar-refractivity contribution in [1.82, 2.24) is 10.2 Å². The van der Waals surface area contributed by atoms with Gasteiger partial charge in [-0.2, -0.15) is 0 Å². The van der Waals surface area contributed by atoms with Gasteiger partial charge in [0.05, 0.1) is 26.0 Å². The lowest BCUT2D eigenvalue weighted by Gasteiger charge is -2.22. The summed E-state index contributed by atoms with van der Waals surface area (Å²) in [5.74, 6) is 1.79. The maximum Gasteiger partial charge on any atom is 0.206 e. The molecule has 0 saturated carbocycles. The molecule has 3 rings (SSSR count). The molecular formula is C13H17N3O3S2. The Morgan fingerprint density at radius 1 is 1.33 bits per heavy atom. The van der Waals surface area contributed by atoms with E-state index in [1.54, 1.807) is 29.4 Å². The molecule has 0 amide bonds. The molecule has 1 aliphatic rings. The molecule has 6 nitrogen and oxygen atoms in total. The number of nitrogens with one attached hydrogen (secondary N) is 1. The third-order valence-corrected chi connectivity index (χ3v) is 4.92. The van der Waals surface area contributed by atoms with Gasteiger partial charge in [0, 0.05) is 12.2 Å². The molecule has 0 aromatic carbocycles. The molecule has 1 N–H and O–H groups in total. The van der Waals surface area contributed by atoms with E-state index in [1.165, 1.54) is 0 Å². The van der Waals surface area contributed by atoms with Crippen LogP contribution in [0.1, 0.15) is 18.6 Å². The first kappa shape index (κ1) is 14.8. The van der Waals surface area contributed by atoms with E-state index in [0.29, 0.717) is 6.54 Å². The first-order valence-corrected chi connectivity index (χ1v) is 8.66. The molecule has 0 radical (unpaired) electrons. The second-order valence-corrected chi connectivity index (χ2v) is 6.79. The Kier molecular flexibility index (Phi) is 5.50. The number of rotatable bonds is 7. The average Bonchev–Trinajstić information content (AvgIpc) is 3.18. The summed E-state index contributed by atoms with van der Waals surface area (Å²) in [6, 6.07) is 3.79. The minimum Gasteiger partial charge on any atom is -0.467 e. The Labute approximate surface area is 131 Å². The summed E-state index contributed by atoms with van der Waals surface area (Å²) in [6.45, 7) is 2.22. The van der Waals surface area contributed by atoms with Gasteiger partial charge in [0.2, 0.25) is 5.13 Å². The number of furan rings is 1. The Morgan fingerprint density at radius 3 is 3.05 bits per heavy atom. The zero-order chi connectivity index (χ0) is 14.3. The molecule has 2 aromatic rings. The van der Waals surface area contributed by atoms with Crippen molar-refractivity contribution in [2.45, 2.75) is 30.0 Å². The van der Waals surface area contributed by atoms with E-state index < -0.39 is 0 Å². The van der Waals surface area contributed by atoms with Crippen LogP contribution >= 0.6 is 23.1 Å². The topological polar surface area (TPSA) is 69.4 Å². The summed E-state index contributed by atoms with van der Waals surface area (Å²) in [5, 5.41) is 12.3.